The monoisotopic (exact) mass is 169 g/mol. The third-order valence-corrected chi connectivity index (χ3v) is 2.32. The molecule has 1 nitrogen and oxygen atoms in total. The van der Waals surface area contributed by atoms with E-state index in [4.69, 9.17) is 0 Å². The summed E-state index contributed by atoms with van der Waals surface area (Å²) in [5, 5.41) is 0. The summed E-state index contributed by atoms with van der Waals surface area (Å²) in [5.41, 5.74) is 0. The maximum absolute atomic E-state index is 10.3. The Hall–Kier alpha value is -0.330. The van der Waals surface area contributed by atoms with Gasteiger partial charge in [-0.2, -0.15) is 0 Å². The predicted octanol–water partition coefficient (Wildman–Crippen LogP) is 3.48. The van der Waals surface area contributed by atoms with Crippen molar-refractivity contribution in [2.75, 3.05) is 0 Å². The van der Waals surface area contributed by atoms with Gasteiger partial charge >= 0.3 is 0 Å². The van der Waals surface area contributed by atoms with Gasteiger partial charge in [-0.25, -0.2) is 0 Å². The van der Waals surface area contributed by atoms with Crippen molar-refractivity contribution in [2.45, 2.75) is 58.8 Å². The fourth-order valence-electron chi connectivity index (χ4n) is 1.34. The fourth-order valence-corrected chi connectivity index (χ4v) is 1.34. The molecule has 0 amide bonds. The highest BCUT2D eigenvalue weighted by molar-refractivity contribution is 5.54. The topological polar surface area (TPSA) is 17.1 Å². The lowest BCUT2D eigenvalue weighted by molar-refractivity contribution is 0.480. The molecule has 0 aromatic carbocycles. The molecule has 0 rings (SSSR count). The van der Waals surface area contributed by atoms with Gasteiger partial charge in [0.25, 0.3) is 0 Å². The molecule has 0 aromatic rings. The van der Waals surface area contributed by atoms with Crippen molar-refractivity contribution in [3.63, 3.8) is 0 Å². The van der Waals surface area contributed by atoms with Crippen LogP contribution in [0.25, 0.3) is 0 Å². The number of hydrogen-bond acceptors (Lipinski definition) is 1. The zero-order valence-corrected chi connectivity index (χ0v) is 8.44. The van der Waals surface area contributed by atoms with E-state index < -0.39 is 0 Å². The Bertz CT molecular complexity index is 99.2. The first-order valence-electron chi connectivity index (χ1n) is 5.22. The van der Waals surface area contributed by atoms with Crippen LogP contribution >= 0.6 is 0 Å². The molecule has 1 heteroatoms. The summed E-state index contributed by atoms with van der Waals surface area (Å²) in [7, 11) is 0. The van der Waals surface area contributed by atoms with Gasteiger partial charge in [0.2, 0.25) is 6.29 Å². The molecule has 0 aliphatic rings. The van der Waals surface area contributed by atoms with Crippen molar-refractivity contribution >= 4 is 6.29 Å². The van der Waals surface area contributed by atoms with Gasteiger partial charge < -0.3 is 0 Å². The maximum Gasteiger partial charge on any atom is 0.201 e. The number of rotatable bonds is 8. The Morgan fingerprint density at radius 1 is 1.08 bits per heavy atom. The molecule has 0 N–H and O–H groups in total. The van der Waals surface area contributed by atoms with E-state index in [2.05, 4.69) is 20.1 Å². The fraction of sp³-hybridized carbons (Fsp3) is 0.909. The van der Waals surface area contributed by atoms with E-state index in [1.165, 1.54) is 32.1 Å². The molecule has 1 radical (unpaired) electrons. The minimum atomic E-state index is 0.201. The summed E-state index contributed by atoms with van der Waals surface area (Å²) in [6.45, 7) is 4.27. The zero-order chi connectivity index (χ0) is 9.23. The van der Waals surface area contributed by atoms with Crippen LogP contribution in [0.4, 0.5) is 0 Å². The van der Waals surface area contributed by atoms with Gasteiger partial charge in [-0.3, -0.25) is 4.79 Å². The quantitative estimate of drug-likeness (QED) is 0.508. The third kappa shape index (κ3) is 6.38. The average molecular weight is 169 g/mol. The first-order chi connectivity index (χ1) is 5.85. The summed E-state index contributed by atoms with van der Waals surface area (Å²) in [5.74, 6) is 0.201. The Balaban J connectivity index is 3.12. The van der Waals surface area contributed by atoms with Crippen molar-refractivity contribution in [1.82, 2.24) is 0 Å². The molecular weight excluding hydrogens is 148 g/mol. The van der Waals surface area contributed by atoms with Gasteiger partial charge in [-0.15, -0.1) is 0 Å². The molecule has 0 spiro atoms. The number of hydrogen-bond donors (Lipinski definition) is 0. The molecule has 0 heterocycles. The molecule has 0 aliphatic heterocycles. The molecule has 0 bridgehead atoms. The van der Waals surface area contributed by atoms with E-state index in [9.17, 15) is 4.79 Å². The second-order valence-electron chi connectivity index (χ2n) is 3.43. The second kappa shape index (κ2) is 8.76. The number of carbonyl (C=O) groups excluding carboxylic acids is 1. The van der Waals surface area contributed by atoms with Gasteiger partial charge in [0.15, 0.2) is 0 Å². The van der Waals surface area contributed by atoms with Crippen LogP contribution in [0.15, 0.2) is 0 Å². The molecule has 0 saturated heterocycles. The Kier molecular flexibility index (Phi) is 8.52. The Labute approximate surface area is 76.6 Å². The zero-order valence-electron chi connectivity index (χ0n) is 8.44. The summed E-state index contributed by atoms with van der Waals surface area (Å²) >= 11 is 0. The van der Waals surface area contributed by atoms with Crippen molar-refractivity contribution in [3.8, 4) is 0 Å². The van der Waals surface area contributed by atoms with Gasteiger partial charge in [-0.05, 0) is 12.8 Å². The van der Waals surface area contributed by atoms with Crippen LogP contribution in [0.2, 0.25) is 0 Å². The summed E-state index contributed by atoms with van der Waals surface area (Å²) < 4.78 is 0. The highest BCUT2D eigenvalue weighted by Gasteiger charge is 2.03. The molecule has 71 valence electrons. The van der Waals surface area contributed by atoms with Crippen LogP contribution < -0.4 is 0 Å². The largest absolute Gasteiger partial charge is 0.291 e. The lowest BCUT2D eigenvalue weighted by Crippen LogP contribution is -1.99. The molecule has 1 unspecified atom stereocenters. The van der Waals surface area contributed by atoms with Crippen LogP contribution in [-0.2, 0) is 4.79 Å². The SMILES string of the molecule is CCCCCCCC([C]=O)CC. The minimum Gasteiger partial charge on any atom is -0.291 e. The molecule has 0 aliphatic carbocycles. The van der Waals surface area contributed by atoms with Crippen molar-refractivity contribution < 1.29 is 4.79 Å². The number of unbranched alkanes of at least 4 members (excludes halogenated alkanes) is 4. The molecule has 0 saturated carbocycles. The van der Waals surface area contributed by atoms with E-state index in [1.54, 1.807) is 0 Å². The van der Waals surface area contributed by atoms with E-state index in [0.717, 1.165) is 12.8 Å². The van der Waals surface area contributed by atoms with Crippen molar-refractivity contribution in [1.29, 1.82) is 0 Å². The van der Waals surface area contributed by atoms with Crippen molar-refractivity contribution in [3.05, 3.63) is 0 Å². The van der Waals surface area contributed by atoms with E-state index in [-0.39, 0.29) is 5.92 Å². The maximum atomic E-state index is 10.3. The third-order valence-electron chi connectivity index (χ3n) is 2.32. The van der Waals surface area contributed by atoms with Gasteiger partial charge in [-0.1, -0.05) is 46.0 Å². The van der Waals surface area contributed by atoms with Crippen LogP contribution in [0.5, 0.6) is 0 Å². The van der Waals surface area contributed by atoms with Gasteiger partial charge in [0.1, 0.15) is 0 Å². The van der Waals surface area contributed by atoms with E-state index in [0.29, 0.717) is 0 Å². The first-order valence-corrected chi connectivity index (χ1v) is 5.22. The van der Waals surface area contributed by atoms with Crippen LogP contribution in [0.1, 0.15) is 58.8 Å². The highest BCUT2D eigenvalue weighted by atomic mass is 16.1. The molecular formula is C11H21O. The standard InChI is InChI=1S/C11H21O/c1-3-5-6-7-8-9-11(4-2)10-12/h11H,3-9H2,1-2H3. The van der Waals surface area contributed by atoms with E-state index in [1.807, 2.05) is 0 Å². The average Bonchev–Trinajstić information content (AvgIpc) is 2.11. The smallest absolute Gasteiger partial charge is 0.201 e. The Morgan fingerprint density at radius 2 is 1.75 bits per heavy atom. The Morgan fingerprint density at radius 3 is 2.25 bits per heavy atom. The second-order valence-corrected chi connectivity index (χ2v) is 3.43. The van der Waals surface area contributed by atoms with Crippen LogP contribution in [-0.4, -0.2) is 6.29 Å². The van der Waals surface area contributed by atoms with E-state index >= 15 is 0 Å². The summed E-state index contributed by atoms with van der Waals surface area (Å²) in [4.78, 5) is 10.3. The molecule has 0 fully saturated rings. The van der Waals surface area contributed by atoms with Gasteiger partial charge in [0.05, 0.1) is 0 Å². The normalized spacial score (nSPS) is 12.8. The first kappa shape index (κ1) is 11.7. The lowest BCUT2D eigenvalue weighted by atomic mass is 10.00. The van der Waals surface area contributed by atoms with Crippen LogP contribution in [0.3, 0.4) is 0 Å². The van der Waals surface area contributed by atoms with Gasteiger partial charge in [0, 0.05) is 5.92 Å². The lowest BCUT2D eigenvalue weighted by Gasteiger charge is -2.04. The molecule has 12 heavy (non-hydrogen) atoms. The highest BCUT2D eigenvalue weighted by Crippen LogP contribution is 2.12. The predicted molar refractivity (Wildman–Crippen MR) is 52.9 cm³/mol. The minimum absolute atomic E-state index is 0.201. The molecule has 0 aromatic heterocycles. The summed E-state index contributed by atoms with van der Waals surface area (Å²) in [6.07, 6.45) is 10.5. The summed E-state index contributed by atoms with van der Waals surface area (Å²) in [6, 6.07) is 0. The molecule has 1 atom stereocenters. The van der Waals surface area contributed by atoms with Crippen molar-refractivity contribution in [2.24, 2.45) is 5.92 Å². The van der Waals surface area contributed by atoms with Crippen LogP contribution in [0, 0.1) is 5.92 Å².